The molecule has 98 valence electrons. The van der Waals surface area contributed by atoms with E-state index in [1.165, 1.54) is 7.11 Å². The Labute approximate surface area is 102 Å². The second-order valence-electron chi connectivity index (χ2n) is 3.40. The first-order valence-corrected chi connectivity index (χ1v) is 5.16. The minimum Gasteiger partial charge on any atom is -0.462 e. The lowest BCUT2D eigenvalue weighted by Crippen LogP contribution is -2.10. The Bertz CT molecular complexity index is 449. The second kappa shape index (κ2) is 6.65. The molecule has 0 unspecified atom stereocenters. The van der Waals surface area contributed by atoms with E-state index in [0.29, 0.717) is 13.0 Å². The maximum atomic E-state index is 13.3. The van der Waals surface area contributed by atoms with Crippen LogP contribution in [0.15, 0.2) is 18.2 Å². The maximum absolute atomic E-state index is 13.3. The zero-order valence-corrected chi connectivity index (χ0v) is 9.72. The topological polar surface area (TPSA) is 78.7 Å². The van der Waals surface area contributed by atoms with Gasteiger partial charge in [-0.05, 0) is 6.07 Å². The lowest BCUT2D eigenvalue weighted by molar-refractivity contribution is -0.384. The van der Waals surface area contributed by atoms with Crippen LogP contribution in [0.1, 0.15) is 16.8 Å². The van der Waals surface area contributed by atoms with Crippen LogP contribution < -0.4 is 0 Å². The maximum Gasteiger partial charge on any atom is 0.341 e. The molecule has 0 N–H and O–H groups in total. The number of ether oxygens (including phenoxy) is 2. The van der Waals surface area contributed by atoms with Crippen molar-refractivity contribution in [2.75, 3.05) is 20.3 Å². The highest BCUT2D eigenvalue weighted by Crippen LogP contribution is 2.17. The highest BCUT2D eigenvalue weighted by molar-refractivity contribution is 5.90. The molecule has 0 aliphatic rings. The Balaban J connectivity index is 2.72. The Hall–Kier alpha value is -2.02. The third-order valence-corrected chi connectivity index (χ3v) is 2.11. The van der Waals surface area contributed by atoms with Crippen molar-refractivity contribution in [2.24, 2.45) is 0 Å². The fourth-order valence-electron chi connectivity index (χ4n) is 1.23. The predicted molar refractivity (Wildman–Crippen MR) is 59.8 cm³/mol. The number of non-ortho nitro benzene ring substituents is 1. The molecule has 18 heavy (non-hydrogen) atoms. The molecule has 1 aromatic carbocycles. The zero-order valence-electron chi connectivity index (χ0n) is 9.72. The van der Waals surface area contributed by atoms with Crippen LogP contribution in [0.5, 0.6) is 0 Å². The Morgan fingerprint density at radius 3 is 2.78 bits per heavy atom. The van der Waals surface area contributed by atoms with Gasteiger partial charge >= 0.3 is 5.97 Å². The average molecular weight is 257 g/mol. The average Bonchev–Trinajstić information content (AvgIpc) is 2.34. The quantitative estimate of drug-likeness (QED) is 0.336. The lowest BCUT2D eigenvalue weighted by Gasteiger charge is -2.05. The van der Waals surface area contributed by atoms with E-state index in [1.807, 2.05) is 0 Å². The molecular formula is C11H12FNO5. The normalized spacial score (nSPS) is 10.1. The van der Waals surface area contributed by atoms with E-state index in [-0.39, 0.29) is 12.3 Å². The summed E-state index contributed by atoms with van der Waals surface area (Å²) in [4.78, 5) is 21.3. The number of nitro groups is 1. The SMILES string of the molecule is COCCCOC(=O)c1cc([N+](=O)[O-])ccc1F. The molecule has 0 aliphatic heterocycles. The summed E-state index contributed by atoms with van der Waals surface area (Å²) in [5.74, 6) is -1.77. The molecule has 1 aromatic rings. The molecule has 0 aromatic heterocycles. The molecule has 7 heteroatoms. The van der Waals surface area contributed by atoms with Gasteiger partial charge in [-0.1, -0.05) is 0 Å². The fourth-order valence-corrected chi connectivity index (χ4v) is 1.23. The molecule has 0 fully saturated rings. The first-order valence-electron chi connectivity index (χ1n) is 5.16. The van der Waals surface area contributed by atoms with Crippen LogP contribution in [-0.2, 0) is 9.47 Å². The van der Waals surface area contributed by atoms with Gasteiger partial charge in [-0.15, -0.1) is 0 Å². The number of nitrogens with zero attached hydrogens (tertiary/aromatic N) is 1. The van der Waals surface area contributed by atoms with Crippen LogP contribution in [-0.4, -0.2) is 31.2 Å². The standard InChI is InChI=1S/C11H12FNO5/c1-17-5-2-6-18-11(14)9-7-8(13(15)16)3-4-10(9)12/h3-4,7H,2,5-6H2,1H3. The molecular weight excluding hydrogens is 245 g/mol. The summed E-state index contributed by atoms with van der Waals surface area (Å²) in [6, 6.07) is 2.70. The minimum absolute atomic E-state index is 0.0643. The fraction of sp³-hybridized carbons (Fsp3) is 0.364. The number of methoxy groups -OCH3 is 1. The van der Waals surface area contributed by atoms with E-state index >= 15 is 0 Å². The highest BCUT2D eigenvalue weighted by Gasteiger charge is 2.17. The summed E-state index contributed by atoms with van der Waals surface area (Å²) in [6.07, 6.45) is 0.471. The van der Waals surface area contributed by atoms with Crippen molar-refractivity contribution in [3.8, 4) is 0 Å². The molecule has 1 rings (SSSR count). The van der Waals surface area contributed by atoms with Crippen molar-refractivity contribution < 1.29 is 23.6 Å². The monoisotopic (exact) mass is 257 g/mol. The van der Waals surface area contributed by atoms with Crippen LogP contribution in [0.2, 0.25) is 0 Å². The highest BCUT2D eigenvalue weighted by atomic mass is 19.1. The van der Waals surface area contributed by atoms with E-state index < -0.39 is 22.3 Å². The first kappa shape index (κ1) is 14.0. The Morgan fingerprint density at radius 2 is 2.17 bits per heavy atom. The summed E-state index contributed by atoms with van der Waals surface area (Å²) < 4.78 is 22.8. The number of benzene rings is 1. The summed E-state index contributed by atoms with van der Waals surface area (Å²) in [5.41, 5.74) is -0.804. The number of carbonyl (C=O) groups excluding carboxylic acids is 1. The van der Waals surface area contributed by atoms with Gasteiger partial charge in [0.15, 0.2) is 0 Å². The second-order valence-corrected chi connectivity index (χ2v) is 3.40. The van der Waals surface area contributed by atoms with E-state index in [0.717, 1.165) is 18.2 Å². The number of halogens is 1. The van der Waals surface area contributed by atoms with Gasteiger partial charge in [-0.3, -0.25) is 10.1 Å². The molecule has 0 aliphatic carbocycles. The Kier molecular flexibility index (Phi) is 5.19. The first-order chi connectivity index (χ1) is 8.56. The zero-order chi connectivity index (χ0) is 13.5. The molecule has 0 saturated carbocycles. The summed E-state index contributed by atoms with van der Waals surface area (Å²) in [5, 5.41) is 10.5. The van der Waals surface area contributed by atoms with Crippen LogP contribution in [0.3, 0.4) is 0 Å². The van der Waals surface area contributed by atoms with Gasteiger partial charge in [-0.2, -0.15) is 0 Å². The largest absolute Gasteiger partial charge is 0.462 e. The van der Waals surface area contributed by atoms with Gasteiger partial charge in [0.05, 0.1) is 11.5 Å². The van der Waals surface area contributed by atoms with Gasteiger partial charge in [0, 0.05) is 32.3 Å². The van der Waals surface area contributed by atoms with Crippen LogP contribution >= 0.6 is 0 Å². The van der Waals surface area contributed by atoms with Gasteiger partial charge < -0.3 is 9.47 Å². The van der Waals surface area contributed by atoms with Crippen LogP contribution in [0.25, 0.3) is 0 Å². The summed E-state index contributed by atoms with van der Waals surface area (Å²) in [6.45, 7) is 0.472. The third kappa shape index (κ3) is 3.77. The van der Waals surface area contributed by atoms with Crippen molar-refractivity contribution in [3.63, 3.8) is 0 Å². The van der Waals surface area contributed by atoms with E-state index in [4.69, 9.17) is 9.47 Å². The predicted octanol–water partition coefficient (Wildman–Crippen LogP) is 1.93. The summed E-state index contributed by atoms with van der Waals surface area (Å²) in [7, 11) is 1.50. The molecule has 0 radical (unpaired) electrons. The Morgan fingerprint density at radius 1 is 1.44 bits per heavy atom. The van der Waals surface area contributed by atoms with Crippen molar-refractivity contribution in [1.82, 2.24) is 0 Å². The molecule has 0 heterocycles. The van der Waals surface area contributed by atoms with Crippen molar-refractivity contribution in [2.45, 2.75) is 6.42 Å². The van der Waals surface area contributed by atoms with Crippen molar-refractivity contribution in [1.29, 1.82) is 0 Å². The smallest absolute Gasteiger partial charge is 0.341 e. The van der Waals surface area contributed by atoms with Crippen LogP contribution in [0.4, 0.5) is 10.1 Å². The molecule has 6 nitrogen and oxygen atoms in total. The van der Waals surface area contributed by atoms with Gasteiger partial charge in [0.2, 0.25) is 0 Å². The van der Waals surface area contributed by atoms with Crippen molar-refractivity contribution >= 4 is 11.7 Å². The molecule has 0 saturated heterocycles. The van der Waals surface area contributed by atoms with Gasteiger partial charge in [-0.25, -0.2) is 9.18 Å². The number of hydrogen-bond acceptors (Lipinski definition) is 5. The van der Waals surface area contributed by atoms with Gasteiger partial charge in [0.1, 0.15) is 11.4 Å². The molecule has 0 amide bonds. The van der Waals surface area contributed by atoms with Crippen LogP contribution in [0, 0.1) is 15.9 Å². The van der Waals surface area contributed by atoms with E-state index in [9.17, 15) is 19.3 Å². The number of esters is 1. The minimum atomic E-state index is -0.924. The number of rotatable bonds is 6. The molecule has 0 atom stereocenters. The third-order valence-electron chi connectivity index (χ3n) is 2.11. The molecule has 0 spiro atoms. The van der Waals surface area contributed by atoms with E-state index in [1.54, 1.807) is 0 Å². The number of carbonyl (C=O) groups is 1. The summed E-state index contributed by atoms with van der Waals surface area (Å²) >= 11 is 0. The van der Waals surface area contributed by atoms with Crippen molar-refractivity contribution in [3.05, 3.63) is 39.7 Å². The van der Waals surface area contributed by atoms with E-state index in [2.05, 4.69) is 0 Å². The number of hydrogen-bond donors (Lipinski definition) is 0. The number of nitro benzene ring substituents is 1. The lowest BCUT2D eigenvalue weighted by atomic mass is 10.2. The molecule has 0 bridgehead atoms. The van der Waals surface area contributed by atoms with Gasteiger partial charge in [0.25, 0.3) is 5.69 Å².